The van der Waals surface area contributed by atoms with Crippen molar-refractivity contribution >= 4 is 50.1 Å². The number of rotatable bonds is 2. The van der Waals surface area contributed by atoms with Crippen LogP contribution in [0, 0.1) is 3.57 Å². The lowest BCUT2D eigenvalue weighted by molar-refractivity contribution is 0.288. The van der Waals surface area contributed by atoms with Crippen molar-refractivity contribution in [2.75, 3.05) is 6.61 Å². The lowest BCUT2D eigenvalue weighted by Gasteiger charge is -2.19. The molecule has 0 radical (unpaired) electrons. The summed E-state index contributed by atoms with van der Waals surface area (Å²) < 4.78 is 6.74. The number of aryl methyl sites for hydroxylation is 1. The fourth-order valence-corrected chi connectivity index (χ4v) is 3.49. The van der Waals surface area contributed by atoms with Gasteiger partial charge in [-0.25, -0.2) is 0 Å². The van der Waals surface area contributed by atoms with Gasteiger partial charge in [-0.1, -0.05) is 45.7 Å². The van der Waals surface area contributed by atoms with Crippen LogP contribution in [-0.2, 0) is 6.42 Å². The molecule has 0 bridgehead atoms. The third kappa shape index (κ3) is 3.00. The molecule has 2 aromatic rings. The van der Waals surface area contributed by atoms with E-state index in [0.29, 0.717) is 0 Å². The molecule has 20 heavy (non-hydrogen) atoms. The summed E-state index contributed by atoms with van der Waals surface area (Å²) in [7, 11) is 0. The predicted molar refractivity (Wildman–Crippen MR) is 95.2 cm³/mol. The van der Waals surface area contributed by atoms with E-state index >= 15 is 0 Å². The molecule has 1 nitrogen and oxygen atoms in total. The summed E-state index contributed by atoms with van der Waals surface area (Å²) in [5.74, 6) is 1.03. The van der Waals surface area contributed by atoms with Crippen LogP contribution in [0.25, 0.3) is 0 Å². The highest BCUT2D eigenvalue weighted by atomic mass is 127. The standard InChI is InChI=1S/C16H13BrClIO/c17-16(12-3-5-14(19)13(18)9-12)11-4-6-15-10(8-11)2-1-7-20-15/h3-6,8-9,16H,1-2,7H2. The van der Waals surface area contributed by atoms with Gasteiger partial charge in [0.15, 0.2) is 0 Å². The van der Waals surface area contributed by atoms with Crippen LogP contribution in [0.4, 0.5) is 0 Å². The normalized spacial score (nSPS) is 15.3. The van der Waals surface area contributed by atoms with E-state index in [2.05, 4.69) is 62.8 Å². The van der Waals surface area contributed by atoms with Crippen molar-refractivity contribution in [1.82, 2.24) is 0 Å². The molecule has 0 saturated carbocycles. The highest BCUT2D eigenvalue weighted by Gasteiger charge is 2.16. The van der Waals surface area contributed by atoms with Crippen LogP contribution in [-0.4, -0.2) is 6.61 Å². The van der Waals surface area contributed by atoms with Gasteiger partial charge in [-0.15, -0.1) is 0 Å². The number of hydrogen-bond acceptors (Lipinski definition) is 1. The Morgan fingerprint density at radius 3 is 2.70 bits per heavy atom. The monoisotopic (exact) mass is 462 g/mol. The number of ether oxygens (including phenoxy) is 1. The van der Waals surface area contributed by atoms with Gasteiger partial charge in [0.05, 0.1) is 16.5 Å². The summed E-state index contributed by atoms with van der Waals surface area (Å²) in [6.07, 6.45) is 2.19. The van der Waals surface area contributed by atoms with Gasteiger partial charge in [-0.2, -0.15) is 0 Å². The Hall–Kier alpha value is -0.260. The number of halogens is 3. The summed E-state index contributed by atoms with van der Waals surface area (Å²) in [6.45, 7) is 0.830. The molecule has 3 rings (SSSR count). The molecule has 104 valence electrons. The predicted octanol–water partition coefficient (Wildman–Crippen LogP) is 5.75. The molecule has 0 amide bonds. The van der Waals surface area contributed by atoms with Gasteiger partial charge in [0.1, 0.15) is 5.75 Å². The van der Waals surface area contributed by atoms with Crippen molar-refractivity contribution in [1.29, 1.82) is 0 Å². The van der Waals surface area contributed by atoms with Crippen LogP contribution in [0.15, 0.2) is 36.4 Å². The number of benzene rings is 2. The zero-order valence-electron chi connectivity index (χ0n) is 10.7. The van der Waals surface area contributed by atoms with Crippen molar-refractivity contribution in [3.05, 3.63) is 61.7 Å². The van der Waals surface area contributed by atoms with Crippen molar-refractivity contribution < 1.29 is 4.74 Å². The number of fused-ring (bicyclic) bond motifs is 1. The van der Waals surface area contributed by atoms with E-state index in [0.717, 1.165) is 33.8 Å². The van der Waals surface area contributed by atoms with Gasteiger partial charge in [0.2, 0.25) is 0 Å². The van der Waals surface area contributed by atoms with Crippen molar-refractivity contribution in [3.63, 3.8) is 0 Å². The van der Waals surface area contributed by atoms with Gasteiger partial charge in [-0.3, -0.25) is 0 Å². The summed E-state index contributed by atoms with van der Waals surface area (Å²) in [5.41, 5.74) is 3.72. The van der Waals surface area contributed by atoms with Crippen LogP contribution < -0.4 is 4.74 Å². The lowest BCUT2D eigenvalue weighted by atomic mass is 9.99. The third-order valence-electron chi connectivity index (χ3n) is 3.46. The van der Waals surface area contributed by atoms with Crippen molar-refractivity contribution in [3.8, 4) is 5.75 Å². The Balaban J connectivity index is 1.93. The molecule has 1 aliphatic heterocycles. The molecule has 2 aromatic carbocycles. The average molecular weight is 464 g/mol. The summed E-state index contributed by atoms with van der Waals surface area (Å²) in [4.78, 5) is 0.157. The SMILES string of the molecule is Clc1cc(C(Br)c2ccc3c(c2)CCCO3)ccc1I. The molecule has 0 fully saturated rings. The first-order valence-electron chi connectivity index (χ1n) is 6.50. The Labute approximate surface area is 145 Å². The smallest absolute Gasteiger partial charge is 0.122 e. The molecule has 1 unspecified atom stereocenters. The molecule has 4 heteroatoms. The molecule has 1 atom stereocenters. The molecule has 1 aliphatic rings. The summed E-state index contributed by atoms with van der Waals surface area (Å²) in [6, 6.07) is 12.6. The van der Waals surface area contributed by atoms with E-state index in [-0.39, 0.29) is 4.83 Å². The zero-order valence-corrected chi connectivity index (χ0v) is 15.2. The van der Waals surface area contributed by atoms with E-state index in [9.17, 15) is 0 Å². The molecule has 0 N–H and O–H groups in total. The second-order valence-corrected chi connectivity index (χ2v) is 7.34. The van der Waals surface area contributed by atoms with E-state index in [1.807, 2.05) is 12.1 Å². The Kier molecular flexibility index (Phi) is 4.58. The van der Waals surface area contributed by atoms with Gasteiger partial charge < -0.3 is 4.74 Å². The minimum atomic E-state index is 0.157. The summed E-state index contributed by atoms with van der Waals surface area (Å²) >= 11 is 12.2. The Bertz CT molecular complexity index is 644. The second-order valence-electron chi connectivity index (χ2n) is 4.86. The van der Waals surface area contributed by atoms with Crippen LogP contribution in [0.5, 0.6) is 5.75 Å². The maximum atomic E-state index is 6.21. The first-order valence-corrected chi connectivity index (χ1v) is 8.87. The molecule has 0 aromatic heterocycles. The Morgan fingerprint density at radius 2 is 1.90 bits per heavy atom. The van der Waals surface area contributed by atoms with Gasteiger partial charge in [-0.05, 0) is 70.3 Å². The first kappa shape index (κ1) is 14.7. The maximum Gasteiger partial charge on any atom is 0.122 e. The number of hydrogen-bond donors (Lipinski definition) is 0. The number of alkyl halides is 1. The topological polar surface area (TPSA) is 9.23 Å². The van der Waals surface area contributed by atoms with Gasteiger partial charge >= 0.3 is 0 Å². The first-order chi connectivity index (χ1) is 9.65. The highest BCUT2D eigenvalue weighted by Crippen LogP contribution is 2.36. The molecule has 1 heterocycles. The van der Waals surface area contributed by atoms with E-state index in [1.54, 1.807) is 0 Å². The van der Waals surface area contributed by atoms with Gasteiger partial charge in [0, 0.05) is 3.57 Å². The minimum Gasteiger partial charge on any atom is -0.493 e. The van der Waals surface area contributed by atoms with Crippen molar-refractivity contribution in [2.45, 2.75) is 17.7 Å². The fourth-order valence-electron chi connectivity index (χ4n) is 2.40. The van der Waals surface area contributed by atoms with Gasteiger partial charge in [0.25, 0.3) is 0 Å². The largest absolute Gasteiger partial charge is 0.493 e. The zero-order chi connectivity index (χ0) is 14.1. The Morgan fingerprint density at radius 1 is 1.15 bits per heavy atom. The molecule has 0 spiro atoms. The van der Waals surface area contributed by atoms with E-state index in [1.165, 1.54) is 16.7 Å². The lowest BCUT2D eigenvalue weighted by Crippen LogP contribution is -2.08. The fraction of sp³-hybridized carbons (Fsp3) is 0.250. The quantitative estimate of drug-likeness (QED) is 0.407. The van der Waals surface area contributed by atoms with Crippen LogP contribution in [0.2, 0.25) is 5.02 Å². The minimum absolute atomic E-state index is 0.157. The van der Waals surface area contributed by atoms with Crippen LogP contribution in [0.1, 0.15) is 27.9 Å². The van der Waals surface area contributed by atoms with Crippen LogP contribution >= 0.6 is 50.1 Å². The van der Waals surface area contributed by atoms with E-state index < -0.39 is 0 Å². The van der Waals surface area contributed by atoms with Crippen LogP contribution in [0.3, 0.4) is 0 Å². The van der Waals surface area contributed by atoms with Crippen molar-refractivity contribution in [2.24, 2.45) is 0 Å². The van der Waals surface area contributed by atoms with E-state index in [4.69, 9.17) is 16.3 Å². The molecular formula is C16H13BrClIO. The maximum absolute atomic E-state index is 6.21. The molecule has 0 aliphatic carbocycles. The average Bonchev–Trinajstić information content (AvgIpc) is 2.49. The molecule has 0 saturated heterocycles. The third-order valence-corrected chi connectivity index (χ3v) is 6.09. The summed E-state index contributed by atoms with van der Waals surface area (Å²) in [5, 5.41) is 0.800. The second kappa shape index (κ2) is 6.24. The highest BCUT2D eigenvalue weighted by molar-refractivity contribution is 14.1. The molecular weight excluding hydrogens is 450 g/mol.